The Balaban J connectivity index is 1.52. The summed E-state index contributed by atoms with van der Waals surface area (Å²) in [6, 6.07) is 32.6. The van der Waals surface area contributed by atoms with Gasteiger partial charge < -0.3 is 10.2 Å². The van der Waals surface area contributed by atoms with Gasteiger partial charge in [-0.05, 0) is 34.0 Å². The zero-order valence-electron chi connectivity index (χ0n) is 18.1. The van der Waals surface area contributed by atoms with Crippen LogP contribution in [0.2, 0.25) is 0 Å². The van der Waals surface area contributed by atoms with Gasteiger partial charge in [0.1, 0.15) is 6.04 Å². The van der Waals surface area contributed by atoms with Crippen molar-refractivity contribution in [2.45, 2.75) is 18.9 Å². The Morgan fingerprint density at radius 3 is 2.09 bits per heavy atom. The average molecular weight is 423 g/mol. The first kappa shape index (κ1) is 21.3. The second-order valence-corrected chi connectivity index (χ2v) is 7.90. The van der Waals surface area contributed by atoms with Crippen LogP contribution in [-0.2, 0) is 22.4 Å². The van der Waals surface area contributed by atoms with Crippen LogP contribution < -0.4 is 10.2 Å². The molecule has 4 nitrogen and oxygen atoms in total. The molecular weight excluding hydrogens is 396 g/mol. The Morgan fingerprint density at radius 2 is 1.38 bits per heavy atom. The van der Waals surface area contributed by atoms with Crippen molar-refractivity contribution in [3.05, 3.63) is 114 Å². The fraction of sp³-hybridized carbons (Fsp3) is 0.143. The third kappa shape index (κ3) is 5.22. The van der Waals surface area contributed by atoms with E-state index in [9.17, 15) is 9.59 Å². The van der Waals surface area contributed by atoms with Gasteiger partial charge in [-0.15, -0.1) is 0 Å². The van der Waals surface area contributed by atoms with Crippen molar-refractivity contribution in [3.63, 3.8) is 0 Å². The lowest BCUT2D eigenvalue weighted by molar-refractivity contribution is -0.127. The monoisotopic (exact) mass is 422 g/mol. The van der Waals surface area contributed by atoms with Crippen molar-refractivity contribution < 1.29 is 9.59 Å². The second kappa shape index (κ2) is 9.92. The Morgan fingerprint density at radius 1 is 0.750 bits per heavy atom. The number of benzene rings is 4. The van der Waals surface area contributed by atoms with Gasteiger partial charge in [-0.1, -0.05) is 91.0 Å². The Bertz CT molecular complexity index is 1210. The lowest BCUT2D eigenvalue weighted by atomic mass is 10.0. The molecule has 0 saturated carbocycles. The molecule has 4 heteroatoms. The van der Waals surface area contributed by atoms with E-state index in [-0.39, 0.29) is 18.2 Å². The molecule has 0 fully saturated rings. The summed E-state index contributed by atoms with van der Waals surface area (Å²) >= 11 is 0. The van der Waals surface area contributed by atoms with E-state index in [1.807, 2.05) is 103 Å². The van der Waals surface area contributed by atoms with Gasteiger partial charge >= 0.3 is 0 Å². The van der Waals surface area contributed by atoms with Crippen LogP contribution in [0, 0.1) is 0 Å². The highest BCUT2D eigenvalue weighted by Gasteiger charge is 2.25. The number of fused-ring (bicyclic) bond motifs is 1. The number of amides is 2. The SMILES string of the molecule is CN(C(=O)[C@H](Cc1ccccc1)NC(=O)Cc1ccc2ccccc2c1)c1ccccc1. The van der Waals surface area contributed by atoms with E-state index in [4.69, 9.17) is 0 Å². The summed E-state index contributed by atoms with van der Waals surface area (Å²) < 4.78 is 0. The molecule has 32 heavy (non-hydrogen) atoms. The van der Waals surface area contributed by atoms with E-state index in [0.717, 1.165) is 27.6 Å². The summed E-state index contributed by atoms with van der Waals surface area (Å²) in [5.41, 5.74) is 2.71. The van der Waals surface area contributed by atoms with Gasteiger partial charge in [0.2, 0.25) is 11.8 Å². The van der Waals surface area contributed by atoms with Crippen molar-refractivity contribution in [2.24, 2.45) is 0 Å². The molecule has 0 aliphatic carbocycles. The van der Waals surface area contributed by atoms with Crippen molar-refractivity contribution in [2.75, 3.05) is 11.9 Å². The average Bonchev–Trinajstić information content (AvgIpc) is 2.84. The topological polar surface area (TPSA) is 49.4 Å². The third-order valence-corrected chi connectivity index (χ3v) is 5.57. The highest BCUT2D eigenvalue weighted by atomic mass is 16.2. The molecule has 1 atom stereocenters. The van der Waals surface area contributed by atoms with E-state index >= 15 is 0 Å². The van der Waals surface area contributed by atoms with Crippen LogP contribution >= 0.6 is 0 Å². The standard InChI is InChI=1S/C28H26N2O2/c1-30(25-14-6-3-7-15-25)28(32)26(19-21-10-4-2-5-11-21)29-27(31)20-22-16-17-23-12-8-9-13-24(23)18-22/h2-18,26H,19-20H2,1H3,(H,29,31)/t26-/m0/s1. The summed E-state index contributed by atoms with van der Waals surface area (Å²) in [5, 5.41) is 5.22. The predicted octanol–water partition coefficient (Wildman–Crippen LogP) is 4.77. The van der Waals surface area contributed by atoms with Crippen LogP contribution in [-0.4, -0.2) is 24.9 Å². The molecule has 2 amide bonds. The maximum Gasteiger partial charge on any atom is 0.249 e. The summed E-state index contributed by atoms with van der Waals surface area (Å²) in [6.45, 7) is 0. The maximum atomic E-state index is 13.3. The minimum Gasteiger partial charge on any atom is -0.344 e. The molecule has 0 radical (unpaired) electrons. The van der Waals surface area contributed by atoms with Crippen LogP contribution in [0.25, 0.3) is 10.8 Å². The number of likely N-dealkylation sites (N-methyl/N-ethyl adjacent to an activating group) is 1. The second-order valence-electron chi connectivity index (χ2n) is 7.90. The maximum absolute atomic E-state index is 13.3. The number of nitrogens with one attached hydrogen (secondary N) is 1. The molecule has 0 aromatic heterocycles. The van der Waals surface area contributed by atoms with Gasteiger partial charge in [0.05, 0.1) is 6.42 Å². The molecule has 0 aliphatic rings. The number of rotatable bonds is 7. The minimum absolute atomic E-state index is 0.146. The molecule has 0 bridgehead atoms. The Labute approximate surface area is 188 Å². The summed E-state index contributed by atoms with van der Waals surface area (Å²) in [6.07, 6.45) is 0.652. The first-order valence-electron chi connectivity index (χ1n) is 10.7. The molecular formula is C28H26N2O2. The molecule has 0 unspecified atom stereocenters. The smallest absolute Gasteiger partial charge is 0.249 e. The van der Waals surface area contributed by atoms with Gasteiger partial charge in [0.15, 0.2) is 0 Å². The fourth-order valence-corrected chi connectivity index (χ4v) is 3.84. The Hall–Kier alpha value is -3.92. The van der Waals surface area contributed by atoms with Gasteiger partial charge in [-0.3, -0.25) is 9.59 Å². The summed E-state index contributed by atoms with van der Waals surface area (Å²) in [5.74, 6) is -0.317. The quantitative estimate of drug-likeness (QED) is 0.466. The molecule has 4 aromatic carbocycles. The molecule has 160 valence electrons. The summed E-state index contributed by atoms with van der Waals surface area (Å²) in [7, 11) is 1.74. The highest BCUT2D eigenvalue weighted by Crippen LogP contribution is 2.17. The molecule has 0 heterocycles. The number of anilines is 1. The van der Waals surface area contributed by atoms with E-state index in [1.54, 1.807) is 11.9 Å². The van der Waals surface area contributed by atoms with Crippen molar-refractivity contribution in [1.82, 2.24) is 5.32 Å². The normalized spacial score (nSPS) is 11.7. The van der Waals surface area contributed by atoms with Crippen LogP contribution in [0.15, 0.2) is 103 Å². The lowest BCUT2D eigenvalue weighted by Gasteiger charge is -2.25. The van der Waals surface area contributed by atoms with Gasteiger partial charge in [0, 0.05) is 19.2 Å². The number of carbonyl (C=O) groups excluding carboxylic acids is 2. The molecule has 0 saturated heterocycles. The van der Waals surface area contributed by atoms with E-state index in [2.05, 4.69) is 5.32 Å². The van der Waals surface area contributed by atoms with Crippen molar-refractivity contribution >= 4 is 28.3 Å². The van der Waals surface area contributed by atoms with Gasteiger partial charge in [-0.2, -0.15) is 0 Å². The molecule has 0 spiro atoms. The fourth-order valence-electron chi connectivity index (χ4n) is 3.84. The van der Waals surface area contributed by atoms with Crippen LogP contribution in [0.1, 0.15) is 11.1 Å². The first-order chi connectivity index (χ1) is 15.6. The lowest BCUT2D eigenvalue weighted by Crippen LogP contribution is -2.49. The Kier molecular flexibility index (Phi) is 6.61. The van der Waals surface area contributed by atoms with E-state index < -0.39 is 6.04 Å². The van der Waals surface area contributed by atoms with Crippen molar-refractivity contribution in [1.29, 1.82) is 0 Å². The van der Waals surface area contributed by atoms with Gasteiger partial charge in [-0.25, -0.2) is 0 Å². The van der Waals surface area contributed by atoms with E-state index in [0.29, 0.717) is 6.42 Å². The van der Waals surface area contributed by atoms with Crippen LogP contribution in [0.3, 0.4) is 0 Å². The van der Waals surface area contributed by atoms with Crippen LogP contribution in [0.4, 0.5) is 5.69 Å². The number of hydrogen-bond acceptors (Lipinski definition) is 2. The number of hydrogen-bond donors (Lipinski definition) is 1. The summed E-state index contributed by atoms with van der Waals surface area (Å²) in [4.78, 5) is 27.9. The number of para-hydroxylation sites is 1. The minimum atomic E-state index is -0.657. The molecule has 4 aromatic rings. The third-order valence-electron chi connectivity index (χ3n) is 5.57. The zero-order valence-corrected chi connectivity index (χ0v) is 18.1. The zero-order chi connectivity index (χ0) is 22.3. The van der Waals surface area contributed by atoms with Crippen LogP contribution in [0.5, 0.6) is 0 Å². The van der Waals surface area contributed by atoms with E-state index in [1.165, 1.54) is 0 Å². The first-order valence-corrected chi connectivity index (χ1v) is 10.7. The number of carbonyl (C=O) groups is 2. The van der Waals surface area contributed by atoms with Gasteiger partial charge in [0.25, 0.3) is 0 Å². The number of nitrogens with zero attached hydrogens (tertiary/aromatic N) is 1. The van der Waals surface area contributed by atoms with Crippen molar-refractivity contribution in [3.8, 4) is 0 Å². The predicted molar refractivity (Wildman–Crippen MR) is 130 cm³/mol. The molecule has 1 N–H and O–H groups in total. The largest absolute Gasteiger partial charge is 0.344 e. The molecule has 4 rings (SSSR count). The highest BCUT2D eigenvalue weighted by molar-refractivity contribution is 5.99. The molecule has 0 aliphatic heterocycles.